The van der Waals surface area contributed by atoms with Gasteiger partial charge in [-0.3, -0.25) is 0 Å². The summed E-state index contributed by atoms with van der Waals surface area (Å²) in [6.07, 6.45) is 0.979. The van der Waals surface area contributed by atoms with Crippen LogP contribution in [0.25, 0.3) is 10.9 Å². The number of hydrogen-bond acceptors (Lipinski definition) is 1. The molecule has 3 rings (SSSR count). The van der Waals surface area contributed by atoms with Crippen molar-refractivity contribution in [3.05, 3.63) is 35.0 Å². The van der Waals surface area contributed by atoms with Crippen molar-refractivity contribution < 1.29 is 4.11 Å². The van der Waals surface area contributed by atoms with E-state index in [4.69, 9.17) is 4.11 Å². The van der Waals surface area contributed by atoms with Crippen LogP contribution >= 0.6 is 0 Å². The van der Waals surface area contributed by atoms with Crippen LogP contribution in [0.2, 0.25) is 0 Å². The summed E-state index contributed by atoms with van der Waals surface area (Å²) in [5.74, 6) is 0. The molecule has 2 nitrogen and oxygen atoms in total. The molecule has 0 aliphatic carbocycles. The molecule has 0 saturated heterocycles. The largest absolute Gasteiger partial charge is 0.358 e. The SMILES string of the molecule is [2H]C([2H])([2H])c1ccc2[nH]c3c(c2c1)CNCC3. The Balaban J connectivity index is 2.21. The lowest BCUT2D eigenvalue weighted by Gasteiger charge is -2.12. The summed E-state index contributed by atoms with van der Waals surface area (Å²) in [5.41, 5.74) is 3.91. The Morgan fingerprint density at radius 3 is 3.36 bits per heavy atom. The monoisotopic (exact) mass is 189 g/mol. The number of benzene rings is 1. The topological polar surface area (TPSA) is 27.8 Å². The molecule has 1 aromatic carbocycles. The van der Waals surface area contributed by atoms with Crippen LogP contribution in [-0.4, -0.2) is 11.5 Å². The minimum Gasteiger partial charge on any atom is -0.358 e. The number of rotatable bonds is 0. The number of nitrogens with one attached hydrogen (secondary N) is 2. The second-order valence-corrected chi connectivity index (χ2v) is 3.77. The van der Waals surface area contributed by atoms with Crippen molar-refractivity contribution >= 4 is 10.9 Å². The molecule has 0 bridgehead atoms. The van der Waals surface area contributed by atoms with Gasteiger partial charge in [0.05, 0.1) is 0 Å². The van der Waals surface area contributed by atoms with Gasteiger partial charge in [-0.2, -0.15) is 0 Å². The van der Waals surface area contributed by atoms with Crippen molar-refractivity contribution in [1.29, 1.82) is 0 Å². The zero-order valence-corrected chi connectivity index (χ0v) is 7.85. The van der Waals surface area contributed by atoms with Gasteiger partial charge in [0.15, 0.2) is 0 Å². The molecule has 1 aliphatic rings. The van der Waals surface area contributed by atoms with Crippen molar-refractivity contribution in [2.75, 3.05) is 6.54 Å². The molecule has 1 aromatic heterocycles. The predicted molar refractivity (Wildman–Crippen MR) is 58.4 cm³/mol. The first-order chi connectivity index (χ1) is 8.05. The van der Waals surface area contributed by atoms with Crippen LogP contribution in [0.15, 0.2) is 18.2 Å². The van der Waals surface area contributed by atoms with Crippen LogP contribution in [0.5, 0.6) is 0 Å². The predicted octanol–water partition coefficient (Wildman–Crippen LogP) is 2.12. The molecule has 0 fully saturated rings. The van der Waals surface area contributed by atoms with Crippen molar-refractivity contribution in [2.45, 2.75) is 19.8 Å². The number of aromatic amines is 1. The molecule has 1 aliphatic heterocycles. The minimum atomic E-state index is -2.03. The molecule has 0 spiro atoms. The molecule has 2 heterocycles. The van der Waals surface area contributed by atoms with Crippen LogP contribution in [0, 0.1) is 6.85 Å². The van der Waals surface area contributed by atoms with Gasteiger partial charge < -0.3 is 10.3 Å². The molecule has 72 valence electrons. The number of aromatic nitrogens is 1. The Morgan fingerprint density at radius 2 is 2.43 bits per heavy atom. The second kappa shape index (κ2) is 2.85. The van der Waals surface area contributed by atoms with Crippen molar-refractivity contribution in [3.63, 3.8) is 0 Å². The Labute approximate surface area is 87.5 Å². The highest BCUT2D eigenvalue weighted by Crippen LogP contribution is 2.25. The molecule has 0 radical (unpaired) electrons. The quantitative estimate of drug-likeness (QED) is 0.652. The molecular formula is C12H14N2. The number of aryl methyl sites for hydroxylation is 1. The fourth-order valence-electron chi connectivity index (χ4n) is 2.15. The summed E-state index contributed by atoms with van der Waals surface area (Å²) >= 11 is 0. The molecule has 0 saturated carbocycles. The van der Waals surface area contributed by atoms with E-state index in [1.165, 1.54) is 11.3 Å². The van der Waals surface area contributed by atoms with E-state index in [0.717, 1.165) is 30.4 Å². The van der Waals surface area contributed by atoms with E-state index in [9.17, 15) is 0 Å². The summed E-state index contributed by atoms with van der Waals surface area (Å²) in [4.78, 5) is 3.37. The standard InChI is InChI=1S/C12H14N2/c1-8-2-3-11-9(6-8)10-7-13-5-4-12(10)14-11/h2-3,6,13-14H,4-5,7H2,1H3/i1D3. The van der Waals surface area contributed by atoms with E-state index in [-0.39, 0.29) is 0 Å². The third-order valence-electron chi connectivity index (χ3n) is 2.85. The highest BCUT2D eigenvalue weighted by molar-refractivity contribution is 5.85. The van der Waals surface area contributed by atoms with Gasteiger partial charge in [0.1, 0.15) is 0 Å². The first-order valence-electron chi connectivity index (χ1n) is 6.40. The number of fused-ring (bicyclic) bond motifs is 3. The number of hydrogen-bond donors (Lipinski definition) is 2. The lowest BCUT2D eigenvalue weighted by Crippen LogP contribution is -2.22. The van der Waals surface area contributed by atoms with E-state index >= 15 is 0 Å². The molecule has 2 aromatic rings. The van der Waals surface area contributed by atoms with Gasteiger partial charge >= 0.3 is 0 Å². The van der Waals surface area contributed by atoms with Crippen LogP contribution in [0.1, 0.15) is 20.9 Å². The van der Waals surface area contributed by atoms with E-state index in [2.05, 4.69) is 10.3 Å². The Kier molecular flexibility index (Phi) is 1.13. The Bertz CT molecular complexity index is 569. The lowest BCUT2D eigenvalue weighted by atomic mass is 10.0. The van der Waals surface area contributed by atoms with Crippen molar-refractivity contribution in [1.82, 2.24) is 10.3 Å². The highest BCUT2D eigenvalue weighted by atomic mass is 14.9. The fraction of sp³-hybridized carbons (Fsp3) is 0.333. The van der Waals surface area contributed by atoms with Gasteiger partial charge in [0.2, 0.25) is 0 Å². The summed E-state index contributed by atoms with van der Waals surface area (Å²) in [6.45, 7) is -0.230. The molecule has 0 atom stereocenters. The van der Waals surface area contributed by atoms with Crippen molar-refractivity contribution in [3.8, 4) is 0 Å². The second-order valence-electron chi connectivity index (χ2n) is 3.77. The molecule has 14 heavy (non-hydrogen) atoms. The Hall–Kier alpha value is -1.28. The van der Waals surface area contributed by atoms with E-state index in [1.807, 2.05) is 6.07 Å². The van der Waals surface area contributed by atoms with Gasteiger partial charge in [-0.1, -0.05) is 11.6 Å². The van der Waals surface area contributed by atoms with E-state index < -0.39 is 6.85 Å². The molecule has 0 unspecified atom stereocenters. The third kappa shape index (κ3) is 1.07. The summed E-state index contributed by atoms with van der Waals surface area (Å²) < 4.78 is 22.3. The van der Waals surface area contributed by atoms with Crippen LogP contribution in [0.3, 0.4) is 0 Å². The van der Waals surface area contributed by atoms with E-state index in [1.54, 1.807) is 12.1 Å². The third-order valence-corrected chi connectivity index (χ3v) is 2.85. The molecule has 2 heteroatoms. The zero-order chi connectivity index (χ0) is 12.0. The van der Waals surface area contributed by atoms with Crippen molar-refractivity contribution in [2.24, 2.45) is 0 Å². The first-order valence-corrected chi connectivity index (χ1v) is 4.90. The van der Waals surface area contributed by atoms with Gasteiger partial charge in [0, 0.05) is 40.2 Å². The van der Waals surface area contributed by atoms with Gasteiger partial charge in [-0.15, -0.1) is 0 Å². The average molecular weight is 189 g/mol. The summed E-state index contributed by atoms with van der Waals surface area (Å²) in [7, 11) is 0. The van der Waals surface area contributed by atoms with Gasteiger partial charge in [-0.25, -0.2) is 0 Å². The Morgan fingerprint density at radius 1 is 1.43 bits per heavy atom. The average Bonchev–Trinajstić information content (AvgIpc) is 2.65. The maximum Gasteiger partial charge on any atom is 0.0459 e. The molecular weight excluding hydrogens is 172 g/mol. The summed E-state index contributed by atoms with van der Waals surface area (Å²) in [5, 5.41) is 4.36. The highest BCUT2D eigenvalue weighted by Gasteiger charge is 2.14. The van der Waals surface area contributed by atoms with E-state index in [0.29, 0.717) is 5.56 Å². The lowest BCUT2D eigenvalue weighted by molar-refractivity contribution is 0.641. The maximum atomic E-state index is 7.45. The minimum absolute atomic E-state index is 0.414. The van der Waals surface area contributed by atoms with Gasteiger partial charge in [0.25, 0.3) is 0 Å². The number of H-pyrrole nitrogens is 1. The normalized spacial score (nSPS) is 19.9. The smallest absolute Gasteiger partial charge is 0.0459 e. The van der Waals surface area contributed by atoms with Crippen LogP contribution in [0.4, 0.5) is 0 Å². The van der Waals surface area contributed by atoms with Crippen LogP contribution in [-0.2, 0) is 13.0 Å². The van der Waals surface area contributed by atoms with Crippen LogP contribution < -0.4 is 5.32 Å². The first kappa shape index (κ1) is 5.56. The van der Waals surface area contributed by atoms with Gasteiger partial charge in [-0.05, 0) is 24.5 Å². The summed E-state index contributed by atoms with van der Waals surface area (Å²) in [6, 6.07) is 5.35. The fourth-order valence-corrected chi connectivity index (χ4v) is 2.15. The molecule has 0 amide bonds. The molecule has 2 N–H and O–H groups in total. The maximum absolute atomic E-state index is 7.45. The zero-order valence-electron chi connectivity index (χ0n) is 10.9.